The number of aromatic amines is 1. The Morgan fingerprint density at radius 2 is 1.84 bits per heavy atom. The zero-order valence-corrected chi connectivity index (χ0v) is 17.5. The summed E-state index contributed by atoms with van der Waals surface area (Å²) in [6, 6.07) is 9.50. The molecule has 0 spiro atoms. The van der Waals surface area contributed by atoms with Gasteiger partial charge in [0.05, 0.1) is 24.1 Å². The summed E-state index contributed by atoms with van der Waals surface area (Å²) in [5.74, 6) is -1.72. The van der Waals surface area contributed by atoms with Crippen LogP contribution >= 0.6 is 0 Å². The van der Waals surface area contributed by atoms with Crippen LogP contribution in [0, 0.1) is 5.82 Å². The van der Waals surface area contributed by atoms with Gasteiger partial charge in [-0.3, -0.25) is 14.2 Å². The van der Waals surface area contributed by atoms with Crippen LogP contribution in [0.1, 0.15) is 0 Å². The van der Waals surface area contributed by atoms with Crippen molar-refractivity contribution in [1.29, 1.82) is 0 Å². The van der Waals surface area contributed by atoms with E-state index in [4.69, 9.17) is 4.74 Å². The molecule has 1 aromatic heterocycles. The molecule has 0 atom stereocenters. The van der Waals surface area contributed by atoms with Gasteiger partial charge in [-0.25, -0.2) is 17.6 Å². The standard InChI is InChI=1S/C20H19FN4O6S/c21-15-6-5-13(11-17(15)32(29,30)24-7-9-31-10-8-24)22-18(26)12-25-19(27)14-3-1-2-4-16(14)23-20(25)28/h1-6,11H,7-10,12H2,(H,22,26)(H,23,28). The number of H-pyrrole nitrogens is 1. The smallest absolute Gasteiger partial charge is 0.329 e. The second-order valence-corrected chi connectivity index (χ2v) is 8.98. The first kappa shape index (κ1) is 21.9. The van der Waals surface area contributed by atoms with Gasteiger partial charge in [-0.15, -0.1) is 0 Å². The average molecular weight is 462 g/mol. The number of hydrogen-bond acceptors (Lipinski definition) is 6. The molecule has 0 radical (unpaired) electrons. The minimum Gasteiger partial charge on any atom is -0.379 e. The molecule has 1 aliphatic rings. The number of nitrogens with one attached hydrogen (secondary N) is 2. The monoisotopic (exact) mass is 462 g/mol. The maximum absolute atomic E-state index is 14.3. The number of fused-ring (bicyclic) bond motifs is 1. The van der Waals surface area contributed by atoms with Gasteiger partial charge >= 0.3 is 5.69 Å². The largest absolute Gasteiger partial charge is 0.379 e. The molecule has 0 unspecified atom stereocenters. The molecule has 3 aromatic rings. The first-order valence-corrected chi connectivity index (χ1v) is 11.1. The van der Waals surface area contributed by atoms with Gasteiger partial charge in [-0.2, -0.15) is 4.31 Å². The molecular weight excluding hydrogens is 443 g/mol. The Morgan fingerprint density at radius 3 is 2.59 bits per heavy atom. The van der Waals surface area contributed by atoms with Gasteiger partial charge < -0.3 is 15.0 Å². The summed E-state index contributed by atoms with van der Waals surface area (Å²) in [5.41, 5.74) is -1.06. The van der Waals surface area contributed by atoms with Crippen molar-refractivity contribution in [1.82, 2.24) is 13.9 Å². The summed E-state index contributed by atoms with van der Waals surface area (Å²) >= 11 is 0. The predicted octanol–water partition coefficient (Wildman–Crippen LogP) is 0.488. The Morgan fingerprint density at radius 1 is 1.12 bits per heavy atom. The molecule has 4 rings (SSSR count). The van der Waals surface area contributed by atoms with Crippen LogP contribution in [0.4, 0.5) is 10.1 Å². The number of nitrogens with zero attached hydrogens (tertiary/aromatic N) is 2. The molecule has 2 aromatic carbocycles. The van der Waals surface area contributed by atoms with Crippen LogP contribution in [-0.4, -0.2) is 54.5 Å². The molecule has 1 amide bonds. The number of hydrogen-bond donors (Lipinski definition) is 2. The van der Waals surface area contributed by atoms with Crippen molar-refractivity contribution >= 4 is 32.5 Å². The Balaban J connectivity index is 1.58. The first-order valence-electron chi connectivity index (χ1n) is 9.66. The Labute approximate surface area is 181 Å². The SMILES string of the molecule is O=C(Cn1c(=O)[nH]c2ccccc2c1=O)Nc1ccc(F)c(S(=O)(=O)N2CCOCC2)c1. The highest BCUT2D eigenvalue weighted by Gasteiger charge is 2.29. The summed E-state index contributed by atoms with van der Waals surface area (Å²) in [6.07, 6.45) is 0. The zero-order chi connectivity index (χ0) is 22.9. The summed E-state index contributed by atoms with van der Waals surface area (Å²) in [4.78, 5) is 39.2. The number of rotatable bonds is 5. The number of carbonyl (C=O) groups excluding carboxylic acids is 1. The van der Waals surface area contributed by atoms with Crippen LogP contribution in [0.3, 0.4) is 0 Å². The lowest BCUT2D eigenvalue weighted by Crippen LogP contribution is -2.41. The summed E-state index contributed by atoms with van der Waals surface area (Å²) < 4.78 is 46.8. The number of morpholine rings is 1. The topological polar surface area (TPSA) is 131 Å². The van der Waals surface area contributed by atoms with Crippen LogP contribution in [-0.2, 0) is 26.1 Å². The molecule has 1 aliphatic heterocycles. The van der Waals surface area contributed by atoms with Crippen LogP contribution < -0.4 is 16.6 Å². The molecule has 168 valence electrons. The minimum atomic E-state index is -4.13. The number of amides is 1. The Kier molecular flexibility index (Phi) is 5.91. The highest BCUT2D eigenvalue weighted by molar-refractivity contribution is 7.89. The van der Waals surface area contributed by atoms with Gasteiger partial charge in [0, 0.05) is 18.8 Å². The van der Waals surface area contributed by atoms with Gasteiger partial charge in [-0.05, 0) is 30.3 Å². The number of anilines is 1. The molecule has 1 fully saturated rings. The quantitative estimate of drug-likeness (QED) is 0.568. The molecule has 2 N–H and O–H groups in total. The van der Waals surface area contributed by atoms with Crippen molar-refractivity contribution in [2.24, 2.45) is 0 Å². The van der Waals surface area contributed by atoms with E-state index in [1.165, 1.54) is 12.1 Å². The van der Waals surface area contributed by atoms with Crippen molar-refractivity contribution in [3.63, 3.8) is 0 Å². The molecule has 12 heteroatoms. The lowest BCUT2D eigenvalue weighted by Gasteiger charge is -2.26. The predicted molar refractivity (Wildman–Crippen MR) is 113 cm³/mol. The van der Waals surface area contributed by atoms with E-state index in [1.54, 1.807) is 18.2 Å². The van der Waals surface area contributed by atoms with Crippen molar-refractivity contribution < 1.29 is 22.3 Å². The molecule has 0 saturated carbocycles. The van der Waals surface area contributed by atoms with Crippen LogP contribution in [0.25, 0.3) is 10.9 Å². The van der Waals surface area contributed by atoms with E-state index in [2.05, 4.69) is 10.3 Å². The summed E-state index contributed by atoms with van der Waals surface area (Å²) in [5, 5.41) is 2.65. The molecule has 10 nitrogen and oxygen atoms in total. The fraction of sp³-hybridized carbons (Fsp3) is 0.250. The van der Waals surface area contributed by atoms with Crippen molar-refractivity contribution in [3.05, 3.63) is 69.1 Å². The molecule has 32 heavy (non-hydrogen) atoms. The van der Waals surface area contributed by atoms with Gasteiger partial charge in [0.15, 0.2) is 0 Å². The van der Waals surface area contributed by atoms with Crippen molar-refractivity contribution in [2.45, 2.75) is 11.4 Å². The number of benzene rings is 2. The van der Waals surface area contributed by atoms with E-state index in [-0.39, 0.29) is 37.4 Å². The van der Waals surface area contributed by atoms with E-state index in [1.807, 2.05) is 0 Å². The normalized spacial score (nSPS) is 15.0. The summed E-state index contributed by atoms with van der Waals surface area (Å²) in [7, 11) is -4.13. The highest BCUT2D eigenvalue weighted by atomic mass is 32.2. The maximum atomic E-state index is 14.3. The maximum Gasteiger partial charge on any atom is 0.329 e. The minimum absolute atomic E-state index is 0.00787. The third kappa shape index (κ3) is 4.20. The number of aromatic nitrogens is 2. The third-order valence-corrected chi connectivity index (χ3v) is 6.91. The number of carbonyl (C=O) groups is 1. The van der Waals surface area contributed by atoms with Crippen molar-refractivity contribution in [2.75, 3.05) is 31.6 Å². The first-order chi connectivity index (χ1) is 15.3. The molecular formula is C20H19FN4O6S. The van der Waals surface area contributed by atoms with E-state index in [9.17, 15) is 27.2 Å². The number of ether oxygens (including phenoxy) is 1. The van der Waals surface area contributed by atoms with E-state index < -0.39 is 44.4 Å². The molecule has 2 heterocycles. The second kappa shape index (κ2) is 8.65. The average Bonchev–Trinajstić information content (AvgIpc) is 2.78. The fourth-order valence-electron chi connectivity index (χ4n) is 3.39. The van der Waals surface area contributed by atoms with Gasteiger partial charge in [0.25, 0.3) is 5.56 Å². The molecule has 0 bridgehead atoms. The van der Waals surface area contributed by atoms with Crippen LogP contribution in [0.15, 0.2) is 56.9 Å². The summed E-state index contributed by atoms with van der Waals surface area (Å²) in [6.45, 7) is -0.0291. The van der Waals surface area contributed by atoms with Gasteiger partial charge in [0.2, 0.25) is 15.9 Å². The molecule has 1 saturated heterocycles. The van der Waals surface area contributed by atoms with Crippen molar-refractivity contribution in [3.8, 4) is 0 Å². The van der Waals surface area contributed by atoms with Gasteiger partial charge in [0.1, 0.15) is 17.3 Å². The fourth-order valence-corrected chi connectivity index (χ4v) is 4.89. The lowest BCUT2D eigenvalue weighted by molar-refractivity contribution is -0.116. The van der Waals surface area contributed by atoms with Crippen LogP contribution in [0.2, 0.25) is 0 Å². The lowest BCUT2D eigenvalue weighted by atomic mass is 10.2. The molecule has 0 aliphatic carbocycles. The van der Waals surface area contributed by atoms with Crippen LogP contribution in [0.5, 0.6) is 0 Å². The number of halogens is 1. The second-order valence-electron chi connectivity index (χ2n) is 7.08. The Hall–Kier alpha value is -3.35. The van der Waals surface area contributed by atoms with Gasteiger partial charge in [-0.1, -0.05) is 12.1 Å². The van der Waals surface area contributed by atoms with E-state index in [0.717, 1.165) is 21.0 Å². The number of sulfonamides is 1. The zero-order valence-electron chi connectivity index (χ0n) is 16.7. The highest BCUT2D eigenvalue weighted by Crippen LogP contribution is 2.24. The van der Waals surface area contributed by atoms with E-state index >= 15 is 0 Å². The third-order valence-electron chi connectivity index (χ3n) is 4.99. The number of para-hydroxylation sites is 1. The van der Waals surface area contributed by atoms with E-state index in [0.29, 0.717) is 5.52 Å². The Bertz CT molecular complexity index is 1410.